The molecule has 3 rings (SSSR count). The van der Waals surface area contributed by atoms with Crippen LogP contribution in [0.1, 0.15) is 0 Å². The first kappa shape index (κ1) is 10.6. The molecule has 0 amide bonds. The van der Waals surface area contributed by atoms with Gasteiger partial charge < -0.3 is 9.72 Å². The molecule has 3 nitrogen and oxygen atoms in total. The van der Waals surface area contributed by atoms with Gasteiger partial charge in [-0.3, -0.25) is 0 Å². The molecule has 0 saturated heterocycles. The highest BCUT2D eigenvalue weighted by Gasteiger charge is 2.01. The van der Waals surface area contributed by atoms with E-state index in [-0.39, 0.29) is 0 Å². The van der Waals surface area contributed by atoms with Gasteiger partial charge in [0.25, 0.3) is 0 Å². The molecule has 0 unspecified atom stereocenters. The van der Waals surface area contributed by atoms with E-state index in [2.05, 4.69) is 9.97 Å². The number of rotatable bonds is 3. The predicted molar refractivity (Wildman–Crippen MR) is 70.5 cm³/mol. The fourth-order valence-corrected chi connectivity index (χ4v) is 1.77. The smallest absolute Gasteiger partial charge is 0.128 e. The van der Waals surface area contributed by atoms with Crippen molar-refractivity contribution in [1.82, 2.24) is 9.97 Å². The van der Waals surface area contributed by atoms with Crippen LogP contribution < -0.4 is 4.74 Å². The van der Waals surface area contributed by atoms with E-state index in [1.807, 2.05) is 54.6 Å². The number of aromatic nitrogens is 2. The van der Waals surface area contributed by atoms with Gasteiger partial charge in [0.1, 0.15) is 11.5 Å². The van der Waals surface area contributed by atoms with Gasteiger partial charge in [-0.2, -0.15) is 0 Å². The Labute approximate surface area is 105 Å². The maximum Gasteiger partial charge on any atom is 0.128 e. The number of aromatic amines is 1. The first-order valence-electron chi connectivity index (χ1n) is 5.73. The Kier molecular flexibility index (Phi) is 2.80. The standard InChI is InChI=1S/C15H12N2O/c1-2-6-13(7-3-1)18-14-8-4-5-12(9-14)15-10-16-11-17-15/h1-11H,(H,16,17). The molecule has 0 bridgehead atoms. The van der Waals surface area contributed by atoms with Crippen molar-refractivity contribution in [2.45, 2.75) is 0 Å². The third-order valence-corrected chi connectivity index (χ3v) is 2.62. The molecular weight excluding hydrogens is 224 g/mol. The molecule has 2 aromatic carbocycles. The lowest BCUT2D eigenvalue weighted by Crippen LogP contribution is -1.84. The second-order valence-corrected chi connectivity index (χ2v) is 3.91. The maximum absolute atomic E-state index is 5.78. The number of hydrogen-bond donors (Lipinski definition) is 1. The van der Waals surface area contributed by atoms with Crippen LogP contribution in [0, 0.1) is 0 Å². The van der Waals surface area contributed by atoms with Gasteiger partial charge in [0, 0.05) is 5.56 Å². The zero-order chi connectivity index (χ0) is 12.2. The summed E-state index contributed by atoms with van der Waals surface area (Å²) in [4.78, 5) is 7.09. The molecule has 1 heterocycles. The molecule has 0 spiro atoms. The molecular formula is C15H12N2O. The Bertz CT molecular complexity index is 618. The maximum atomic E-state index is 5.78. The number of nitrogens with one attached hydrogen (secondary N) is 1. The van der Waals surface area contributed by atoms with Crippen LogP contribution in [0.3, 0.4) is 0 Å². The van der Waals surface area contributed by atoms with Crippen molar-refractivity contribution in [3.63, 3.8) is 0 Å². The van der Waals surface area contributed by atoms with Crippen LogP contribution in [0.15, 0.2) is 67.1 Å². The summed E-state index contributed by atoms with van der Waals surface area (Å²) in [6, 6.07) is 17.6. The van der Waals surface area contributed by atoms with Gasteiger partial charge in [-0.1, -0.05) is 30.3 Å². The quantitative estimate of drug-likeness (QED) is 0.749. The molecule has 3 heteroatoms. The summed E-state index contributed by atoms with van der Waals surface area (Å²) in [7, 11) is 0. The van der Waals surface area contributed by atoms with Crippen molar-refractivity contribution in [2.75, 3.05) is 0 Å². The Balaban J connectivity index is 1.88. The summed E-state index contributed by atoms with van der Waals surface area (Å²) in [5, 5.41) is 0. The third-order valence-electron chi connectivity index (χ3n) is 2.62. The zero-order valence-electron chi connectivity index (χ0n) is 9.71. The van der Waals surface area contributed by atoms with Crippen LogP contribution in [-0.4, -0.2) is 9.97 Å². The van der Waals surface area contributed by atoms with Crippen LogP contribution >= 0.6 is 0 Å². The van der Waals surface area contributed by atoms with Gasteiger partial charge in [0.2, 0.25) is 0 Å². The Hall–Kier alpha value is -2.55. The molecule has 0 radical (unpaired) electrons. The number of nitrogens with zero attached hydrogens (tertiary/aromatic N) is 1. The van der Waals surface area contributed by atoms with Crippen LogP contribution in [0.4, 0.5) is 0 Å². The molecule has 3 aromatic rings. The summed E-state index contributed by atoms with van der Waals surface area (Å²) in [6.07, 6.45) is 3.46. The fourth-order valence-electron chi connectivity index (χ4n) is 1.77. The molecule has 1 aromatic heterocycles. The molecule has 0 saturated carbocycles. The van der Waals surface area contributed by atoms with E-state index in [1.54, 1.807) is 12.5 Å². The minimum Gasteiger partial charge on any atom is -0.457 e. The number of imidazole rings is 1. The lowest BCUT2D eigenvalue weighted by atomic mass is 10.1. The SMILES string of the molecule is c1ccc(Oc2cccc(-c3cnc[nH]3)c2)cc1. The van der Waals surface area contributed by atoms with Gasteiger partial charge in [-0.05, 0) is 24.3 Å². The van der Waals surface area contributed by atoms with Crippen molar-refractivity contribution < 1.29 is 4.74 Å². The minimum atomic E-state index is 0.813. The van der Waals surface area contributed by atoms with Crippen molar-refractivity contribution in [1.29, 1.82) is 0 Å². The van der Waals surface area contributed by atoms with Crippen molar-refractivity contribution in [3.8, 4) is 22.8 Å². The molecule has 0 fully saturated rings. The number of benzene rings is 2. The summed E-state index contributed by atoms with van der Waals surface area (Å²) in [5.74, 6) is 1.65. The summed E-state index contributed by atoms with van der Waals surface area (Å²) < 4.78 is 5.78. The monoisotopic (exact) mass is 236 g/mol. The van der Waals surface area contributed by atoms with Gasteiger partial charge in [-0.25, -0.2) is 4.98 Å². The lowest BCUT2D eigenvalue weighted by Gasteiger charge is -2.06. The van der Waals surface area contributed by atoms with Crippen LogP contribution in [-0.2, 0) is 0 Å². The lowest BCUT2D eigenvalue weighted by molar-refractivity contribution is 0.483. The number of para-hydroxylation sites is 1. The van der Waals surface area contributed by atoms with E-state index in [4.69, 9.17) is 4.74 Å². The highest BCUT2D eigenvalue weighted by Crippen LogP contribution is 2.25. The third kappa shape index (κ3) is 2.25. The summed E-state index contributed by atoms with van der Waals surface area (Å²) in [6.45, 7) is 0. The van der Waals surface area contributed by atoms with E-state index in [0.29, 0.717) is 0 Å². The molecule has 1 N–H and O–H groups in total. The van der Waals surface area contributed by atoms with Gasteiger partial charge >= 0.3 is 0 Å². The first-order valence-corrected chi connectivity index (χ1v) is 5.73. The molecule has 0 aliphatic rings. The Morgan fingerprint density at radius 1 is 0.889 bits per heavy atom. The fraction of sp³-hybridized carbons (Fsp3) is 0. The topological polar surface area (TPSA) is 37.9 Å². The summed E-state index contributed by atoms with van der Waals surface area (Å²) in [5.41, 5.74) is 2.04. The number of H-pyrrole nitrogens is 1. The van der Waals surface area contributed by atoms with Crippen molar-refractivity contribution in [3.05, 3.63) is 67.1 Å². The summed E-state index contributed by atoms with van der Waals surface area (Å²) >= 11 is 0. The second kappa shape index (κ2) is 4.75. The Morgan fingerprint density at radius 3 is 2.50 bits per heavy atom. The largest absolute Gasteiger partial charge is 0.457 e. The molecule has 0 aliphatic carbocycles. The van der Waals surface area contributed by atoms with E-state index in [9.17, 15) is 0 Å². The minimum absolute atomic E-state index is 0.813. The molecule has 0 atom stereocenters. The highest BCUT2D eigenvalue weighted by molar-refractivity contribution is 5.60. The zero-order valence-corrected chi connectivity index (χ0v) is 9.71. The average molecular weight is 236 g/mol. The van der Waals surface area contributed by atoms with Crippen LogP contribution in [0.2, 0.25) is 0 Å². The number of ether oxygens (including phenoxy) is 1. The first-order chi connectivity index (χ1) is 8.92. The van der Waals surface area contributed by atoms with Crippen LogP contribution in [0.5, 0.6) is 11.5 Å². The molecule has 18 heavy (non-hydrogen) atoms. The van der Waals surface area contributed by atoms with Crippen molar-refractivity contribution in [2.24, 2.45) is 0 Å². The van der Waals surface area contributed by atoms with E-state index in [1.165, 1.54) is 0 Å². The molecule has 88 valence electrons. The highest BCUT2D eigenvalue weighted by atomic mass is 16.5. The molecule has 0 aliphatic heterocycles. The van der Waals surface area contributed by atoms with Gasteiger partial charge in [-0.15, -0.1) is 0 Å². The van der Waals surface area contributed by atoms with E-state index >= 15 is 0 Å². The Morgan fingerprint density at radius 2 is 1.72 bits per heavy atom. The second-order valence-electron chi connectivity index (χ2n) is 3.91. The average Bonchev–Trinajstić information content (AvgIpc) is 2.94. The van der Waals surface area contributed by atoms with Crippen LogP contribution in [0.25, 0.3) is 11.3 Å². The normalized spacial score (nSPS) is 10.2. The van der Waals surface area contributed by atoms with E-state index in [0.717, 1.165) is 22.8 Å². The van der Waals surface area contributed by atoms with Gasteiger partial charge in [0.15, 0.2) is 0 Å². The predicted octanol–water partition coefficient (Wildman–Crippen LogP) is 3.87. The van der Waals surface area contributed by atoms with Gasteiger partial charge in [0.05, 0.1) is 18.2 Å². The van der Waals surface area contributed by atoms with Crippen molar-refractivity contribution >= 4 is 0 Å². The number of hydrogen-bond acceptors (Lipinski definition) is 2. The van der Waals surface area contributed by atoms with E-state index < -0.39 is 0 Å².